The number of likely N-dealkylation sites (tertiary alicyclic amines) is 1. The fraction of sp³-hybridized carbons (Fsp3) is 0.529. The van der Waals surface area contributed by atoms with Crippen LogP contribution in [0.1, 0.15) is 37.5 Å². The van der Waals surface area contributed by atoms with Crippen LogP contribution in [0.4, 0.5) is 0 Å². The van der Waals surface area contributed by atoms with Crippen molar-refractivity contribution < 1.29 is 4.52 Å². The number of halogens is 1. The SMILES string of the molecule is CC1(C)CN(Cc2nc(Cc3cccc(Br)c3)no2)CCC1N. The van der Waals surface area contributed by atoms with Crippen molar-refractivity contribution in [2.75, 3.05) is 13.1 Å². The molecule has 0 spiro atoms. The summed E-state index contributed by atoms with van der Waals surface area (Å²) in [5, 5.41) is 4.11. The van der Waals surface area contributed by atoms with E-state index < -0.39 is 0 Å². The molecule has 0 aliphatic carbocycles. The van der Waals surface area contributed by atoms with Gasteiger partial charge in [-0.05, 0) is 29.5 Å². The van der Waals surface area contributed by atoms with Crippen LogP contribution in [0.25, 0.3) is 0 Å². The molecule has 0 radical (unpaired) electrons. The van der Waals surface area contributed by atoms with Crippen molar-refractivity contribution in [1.82, 2.24) is 15.0 Å². The Bertz CT molecular complexity index is 670. The van der Waals surface area contributed by atoms with Crippen molar-refractivity contribution in [1.29, 1.82) is 0 Å². The Kier molecular flexibility index (Phi) is 4.85. The molecule has 1 aliphatic rings. The number of aromatic nitrogens is 2. The van der Waals surface area contributed by atoms with Crippen LogP contribution in [0.5, 0.6) is 0 Å². The van der Waals surface area contributed by atoms with Crippen LogP contribution in [0.2, 0.25) is 0 Å². The van der Waals surface area contributed by atoms with Gasteiger partial charge in [0.2, 0.25) is 5.89 Å². The molecule has 0 saturated carbocycles. The average Bonchev–Trinajstić information content (AvgIpc) is 2.90. The van der Waals surface area contributed by atoms with E-state index in [9.17, 15) is 0 Å². The largest absolute Gasteiger partial charge is 0.338 e. The molecule has 0 bridgehead atoms. The minimum absolute atomic E-state index is 0.122. The van der Waals surface area contributed by atoms with Gasteiger partial charge in [0.05, 0.1) is 6.54 Å². The van der Waals surface area contributed by atoms with Crippen molar-refractivity contribution >= 4 is 15.9 Å². The van der Waals surface area contributed by atoms with Crippen molar-refractivity contribution in [2.45, 2.75) is 39.3 Å². The monoisotopic (exact) mass is 378 g/mol. The maximum absolute atomic E-state index is 6.19. The lowest BCUT2D eigenvalue weighted by Crippen LogP contribution is -2.52. The Morgan fingerprint density at radius 2 is 2.26 bits per heavy atom. The third kappa shape index (κ3) is 4.19. The molecule has 0 amide bonds. The van der Waals surface area contributed by atoms with Crippen LogP contribution >= 0.6 is 15.9 Å². The minimum atomic E-state index is 0.122. The highest BCUT2D eigenvalue weighted by atomic mass is 79.9. The van der Waals surface area contributed by atoms with E-state index in [1.165, 1.54) is 0 Å². The predicted molar refractivity (Wildman–Crippen MR) is 92.9 cm³/mol. The molecule has 1 aromatic heterocycles. The molecule has 6 heteroatoms. The van der Waals surface area contributed by atoms with E-state index in [0.717, 1.165) is 35.4 Å². The molecule has 2 heterocycles. The molecule has 1 unspecified atom stereocenters. The first-order valence-corrected chi connectivity index (χ1v) is 8.75. The lowest BCUT2D eigenvalue weighted by atomic mass is 9.80. The lowest BCUT2D eigenvalue weighted by molar-refractivity contribution is 0.0811. The van der Waals surface area contributed by atoms with Crippen LogP contribution < -0.4 is 5.73 Å². The fourth-order valence-corrected chi connectivity index (χ4v) is 3.51. The molecular formula is C17H23BrN4O. The zero-order valence-corrected chi connectivity index (χ0v) is 15.2. The van der Waals surface area contributed by atoms with Crippen molar-refractivity contribution in [2.24, 2.45) is 11.1 Å². The van der Waals surface area contributed by atoms with E-state index in [2.05, 4.69) is 57.0 Å². The van der Waals surface area contributed by atoms with Gasteiger partial charge in [-0.15, -0.1) is 0 Å². The van der Waals surface area contributed by atoms with E-state index in [4.69, 9.17) is 10.3 Å². The van der Waals surface area contributed by atoms with Gasteiger partial charge < -0.3 is 10.3 Å². The third-order valence-electron chi connectivity index (χ3n) is 4.51. The molecule has 124 valence electrons. The van der Waals surface area contributed by atoms with Gasteiger partial charge in [-0.25, -0.2) is 0 Å². The Balaban J connectivity index is 1.61. The number of nitrogens with zero attached hydrogens (tertiary/aromatic N) is 3. The van der Waals surface area contributed by atoms with Crippen LogP contribution in [0.15, 0.2) is 33.3 Å². The van der Waals surface area contributed by atoms with Gasteiger partial charge in [-0.1, -0.05) is 47.1 Å². The first-order valence-electron chi connectivity index (χ1n) is 7.96. The summed E-state index contributed by atoms with van der Waals surface area (Å²) in [6.45, 7) is 7.07. The minimum Gasteiger partial charge on any atom is -0.338 e. The van der Waals surface area contributed by atoms with Crippen molar-refractivity contribution in [3.8, 4) is 0 Å². The number of rotatable bonds is 4. The number of piperidine rings is 1. The zero-order valence-electron chi connectivity index (χ0n) is 13.6. The average molecular weight is 379 g/mol. The molecule has 1 aliphatic heterocycles. The summed E-state index contributed by atoms with van der Waals surface area (Å²) in [5.41, 5.74) is 7.47. The van der Waals surface area contributed by atoms with Crippen LogP contribution in [0.3, 0.4) is 0 Å². The van der Waals surface area contributed by atoms with Gasteiger partial charge in [-0.3, -0.25) is 4.90 Å². The highest BCUT2D eigenvalue weighted by Gasteiger charge is 2.33. The summed E-state index contributed by atoms with van der Waals surface area (Å²) in [5.74, 6) is 1.41. The first kappa shape index (κ1) is 16.6. The summed E-state index contributed by atoms with van der Waals surface area (Å²) < 4.78 is 6.48. The summed E-state index contributed by atoms with van der Waals surface area (Å²) >= 11 is 3.48. The van der Waals surface area contributed by atoms with Gasteiger partial charge in [-0.2, -0.15) is 4.98 Å². The van der Waals surface area contributed by atoms with Crippen molar-refractivity contribution in [3.05, 3.63) is 46.0 Å². The molecule has 23 heavy (non-hydrogen) atoms. The highest BCUT2D eigenvalue weighted by molar-refractivity contribution is 9.10. The van der Waals surface area contributed by atoms with E-state index >= 15 is 0 Å². The van der Waals surface area contributed by atoms with Crippen LogP contribution in [0, 0.1) is 5.41 Å². The Labute approximate surface area is 145 Å². The second kappa shape index (κ2) is 6.71. The zero-order chi connectivity index (χ0) is 16.4. The summed E-state index contributed by atoms with van der Waals surface area (Å²) in [6.07, 6.45) is 1.69. The maximum Gasteiger partial charge on any atom is 0.240 e. The van der Waals surface area contributed by atoms with E-state index in [0.29, 0.717) is 18.9 Å². The number of hydrogen-bond donors (Lipinski definition) is 1. The molecule has 1 fully saturated rings. The normalized spacial score (nSPS) is 21.5. The topological polar surface area (TPSA) is 68.2 Å². The molecule has 1 atom stereocenters. The summed E-state index contributed by atoms with van der Waals surface area (Å²) in [6, 6.07) is 8.42. The quantitative estimate of drug-likeness (QED) is 0.885. The molecule has 2 N–H and O–H groups in total. The van der Waals surface area contributed by atoms with Crippen LogP contribution in [-0.2, 0) is 13.0 Å². The first-order chi connectivity index (χ1) is 10.9. The van der Waals surface area contributed by atoms with Gasteiger partial charge in [0.15, 0.2) is 5.82 Å². The highest BCUT2D eigenvalue weighted by Crippen LogP contribution is 2.28. The molecule has 3 rings (SSSR count). The molecule has 1 saturated heterocycles. The van der Waals surface area contributed by atoms with Gasteiger partial charge in [0.25, 0.3) is 0 Å². The van der Waals surface area contributed by atoms with Crippen molar-refractivity contribution in [3.63, 3.8) is 0 Å². The van der Waals surface area contributed by atoms with E-state index in [1.54, 1.807) is 0 Å². The lowest BCUT2D eigenvalue weighted by Gasteiger charge is -2.42. The van der Waals surface area contributed by atoms with Gasteiger partial charge in [0, 0.05) is 30.0 Å². The summed E-state index contributed by atoms with van der Waals surface area (Å²) in [7, 11) is 0. The summed E-state index contributed by atoms with van der Waals surface area (Å²) in [4.78, 5) is 6.88. The second-order valence-corrected chi connectivity index (χ2v) is 7.92. The van der Waals surface area contributed by atoms with Crippen LogP contribution in [-0.4, -0.2) is 34.2 Å². The Morgan fingerprint density at radius 1 is 1.43 bits per heavy atom. The Hall–Kier alpha value is -1.24. The van der Waals surface area contributed by atoms with Gasteiger partial charge in [0.1, 0.15) is 0 Å². The Morgan fingerprint density at radius 3 is 3.00 bits per heavy atom. The maximum atomic E-state index is 6.19. The van der Waals surface area contributed by atoms with E-state index in [1.807, 2.05) is 12.1 Å². The standard InChI is InChI=1S/C17H23BrN4O/c1-17(2)11-22(7-6-14(17)19)10-16-20-15(21-23-16)9-12-4-3-5-13(18)8-12/h3-5,8,14H,6-7,9-11,19H2,1-2H3. The smallest absolute Gasteiger partial charge is 0.240 e. The molecule has 5 nitrogen and oxygen atoms in total. The number of nitrogens with two attached hydrogens (primary N) is 1. The predicted octanol–water partition coefficient (Wildman–Crippen LogP) is 2.98. The van der Waals surface area contributed by atoms with E-state index in [-0.39, 0.29) is 11.5 Å². The molecule has 1 aromatic carbocycles. The third-order valence-corrected chi connectivity index (χ3v) is 5.00. The second-order valence-electron chi connectivity index (χ2n) is 7.01. The van der Waals surface area contributed by atoms with Gasteiger partial charge >= 0.3 is 0 Å². The molecular weight excluding hydrogens is 356 g/mol. The number of hydrogen-bond acceptors (Lipinski definition) is 5. The fourth-order valence-electron chi connectivity index (χ4n) is 3.07. The number of benzene rings is 1. The molecule has 2 aromatic rings.